The molecule has 0 bridgehead atoms. The number of ether oxygens (including phenoxy) is 1. The van der Waals surface area contributed by atoms with E-state index in [9.17, 15) is 0 Å². The summed E-state index contributed by atoms with van der Waals surface area (Å²) in [5.41, 5.74) is 5.87. The number of nitrogens with one attached hydrogen (secondary N) is 1. The third-order valence-corrected chi connectivity index (χ3v) is 4.03. The molecule has 3 N–H and O–H groups in total. The first kappa shape index (κ1) is 11.4. The van der Waals surface area contributed by atoms with Crippen LogP contribution in [0.5, 0.6) is 0 Å². The Morgan fingerprint density at radius 1 is 1.20 bits per heavy atom. The van der Waals surface area contributed by atoms with Crippen LogP contribution in [0.25, 0.3) is 0 Å². The topological polar surface area (TPSA) is 47.3 Å². The molecule has 88 valence electrons. The van der Waals surface area contributed by atoms with Crippen molar-refractivity contribution in [2.45, 2.75) is 44.7 Å². The van der Waals surface area contributed by atoms with Gasteiger partial charge < -0.3 is 15.8 Å². The smallest absolute Gasteiger partial charge is 0.0469 e. The molecule has 3 nitrogen and oxygen atoms in total. The number of hydrogen-bond acceptors (Lipinski definition) is 3. The first-order chi connectivity index (χ1) is 7.31. The SMILES string of the molecule is CC1CCC(CN)C(C2CCOCC2)N1. The predicted octanol–water partition coefficient (Wildman–Crippen LogP) is 1.13. The molecule has 0 aromatic carbocycles. The van der Waals surface area contributed by atoms with Crippen molar-refractivity contribution in [3.05, 3.63) is 0 Å². The highest BCUT2D eigenvalue weighted by Crippen LogP contribution is 2.29. The van der Waals surface area contributed by atoms with Crippen molar-refractivity contribution in [3.63, 3.8) is 0 Å². The van der Waals surface area contributed by atoms with Crippen LogP contribution in [-0.2, 0) is 4.74 Å². The summed E-state index contributed by atoms with van der Waals surface area (Å²) in [6.07, 6.45) is 5.00. The summed E-state index contributed by atoms with van der Waals surface area (Å²) >= 11 is 0. The van der Waals surface area contributed by atoms with Crippen LogP contribution < -0.4 is 11.1 Å². The summed E-state index contributed by atoms with van der Waals surface area (Å²) in [6, 6.07) is 1.31. The molecule has 3 heteroatoms. The van der Waals surface area contributed by atoms with Gasteiger partial charge in [0.2, 0.25) is 0 Å². The Labute approximate surface area is 92.7 Å². The Bertz CT molecular complexity index is 192. The minimum Gasteiger partial charge on any atom is -0.381 e. The lowest BCUT2D eigenvalue weighted by Gasteiger charge is -2.41. The summed E-state index contributed by atoms with van der Waals surface area (Å²) in [4.78, 5) is 0. The first-order valence-corrected chi connectivity index (χ1v) is 6.35. The maximum Gasteiger partial charge on any atom is 0.0469 e. The van der Waals surface area contributed by atoms with Gasteiger partial charge >= 0.3 is 0 Å². The molecule has 2 aliphatic heterocycles. The van der Waals surface area contributed by atoms with Crippen LogP contribution in [0.15, 0.2) is 0 Å². The molecule has 2 aliphatic rings. The van der Waals surface area contributed by atoms with Crippen molar-refractivity contribution in [1.82, 2.24) is 5.32 Å². The van der Waals surface area contributed by atoms with Gasteiger partial charge in [-0.15, -0.1) is 0 Å². The summed E-state index contributed by atoms with van der Waals surface area (Å²) in [5, 5.41) is 3.75. The van der Waals surface area contributed by atoms with Gasteiger partial charge in [0.05, 0.1) is 0 Å². The van der Waals surface area contributed by atoms with Crippen LogP contribution in [0.1, 0.15) is 32.6 Å². The highest BCUT2D eigenvalue weighted by molar-refractivity contribution is 4.90. The third-order valence-electron chi connectivity index (χ3n) is 4.03. The van der Waals surface area contributed by atoms with Crippen LogP contribution in [-0.4, -0.2) is 31.8 Å². The molecule has 3 unspecified atom stereocenters. The molecule has 0 amide bonds. The lowest BCUT2D eigenvalue weighted by molar-refractivity contribution is 0.0358. The Balaban J connectivity index is 1.95. The predicted molar refractivity (Wildman–Crippen MR) is 61.7 cm³/mol. The Kier molecular flexibility index (Phi) is 4.00. The number of rotatable bonds is 2. The molecule has 2 fully saturated rings. The standard InChI is InChI=1S/C12H24N2O/c1-9-2-3-11(8-13)12(14-9)10-4-6-15-7-5-10/h9-12,14H,2-8,13H2,1H3. The van der Waals surface area contributed by atoms with Gasteiger partial charge in [-0.1, -0.05) is 0 Å². The summed E-state index contributed by atoms with van der Waals surface area (Å²) in [6.45, 7) is 5.00. The third kappa shape index (κ3) is 2.71. The number of hydrogen-bond donors (Lipinski definition) is 2. The minimum atomic E-state index is 0.641. The molecular weight excluding hydrogens is 188 g/mol. The molecule has 2 saturated heterocycles. The lowest BCUT2D eigenvalue weighted by Crippen LogP contribution is -2.53. The molecule has 0 aromatic heterocycles. The highest BCUT2D eigenvalue weighted by Gasteiger charge is 2.33. The Hall–Kier alpha value is -0.120. The monoisotopic (exact) mass is 212 g/mol. The van der Waals surface area contributed by atoms with E-state index in [1.54, 1.807) is 0 Å². The maximum atomic E-state index is 5.87. The minimum absolute atomic E-state index is 0.641. The molecule has 0 spiro atoms. The first-order valence-electron chi connectivity index (χ1n) is 6.35. The van der Waals surface area contributed by atoms with Crippen LogP contribution in [0.3, 0.4) is 0 Å². The van der Waals surface area contributed by atoms with Crippen molar-refractivity contribution >= 4 is 0 Å². The zero-order valence-electron chi connectivity index (χ0n) is 9.74. The van der Waals surface area contributed by atoms with Gasteiger partial charge in [-0.05, 0) is 51.0 Å². The van der Waals surface area contributed by atoms with E-state index in [0.717, 1.165) is 25.7 Å². The maximum absolute atomic E-state index is 5.87. The van der Waals surface area contributed by atoms with Crippen LogP contribution >= 0.6 is 0 Å². The number of piperidine rings is 1. The van der Waals surface area contributed by atoms with Crippen LogP contribution in [0, 0.1) is 11.8 Å². The zero-order valence-corrected chi connectivity index (χ0v) is 9.74. The zero-order chi connectivity index (χ0) is 10.7. The van der Waals surface area contributed by atoms with Crippen LogP contribution in [0.4, 0.5) is 0 Å². The highest BCUT2D eigenvalue weighted by atomic mass is 16.5. The summed E-state index contributed by atoms with van der Waals surface area (Å²) in [7, 11) is 0. The van der Waals surface area contributed by atoms with Crippen molar-refractivity contribution in [2.24, 2.45) is 17.6 Å². The summed E-state index contributed by atoms with van der Waals surface area (Å²) in [5.74, 6) is 1.47. The van der Waals surface area contributed by atoms with E-state index in [4.69, 9.17) is 10.5 Å². The normalized spacial score (nSPS) is 39.2. The van der Waals surface area contributed by atoms with Gasteiger partial charge in [0.15, 0.2) is 0 Å². The fraction of sp³-hybridized carbons (Fsp3) is 1.00. The fourth-order valence-electron chi connectivity index (χ4n) is 3.05. The van der Waals surface area contributed by atoms with E-state index >= 15 is 0 Å². The van der Waals surface area contributed by atoms with Gasteiger partial charge in [-0.3, -0.25) is 0 Å². The molecule has 15 heavy (non-hydrogen) atoms. The van der Waals surface area contributed by atoms with Gasteiger partial charge in [0.25, 0.3) is 0 Å². The van der Waals surface area contributed by atoms with E-state index < -0.39 is 0 Å². The number of nitrogens with two attached hydrogens (primary N) is 1. The van der Waals surface area contributed by atoms with E-state index in [2.05, 4.69) is 12.2 Å². The van der Waals surface area contributed by atoms with Gasteiger partial charge in [0, 0.05) is 25.3 Å². The molecule has 0 radical (unpaired) electrons. The van der Waals surface area contributed by atoms with Crippen molar-refractivity contribution in [1.29, 1.82) is 0 Å². The quantitative estimate of drug-likeness (QED) is 0.721. The molecule has 3 atom stereocenters. The van der Waals surface area contributed by atoms with Crippen molar-refractivity contribution < 1.29 is 4.74 Å². The average molecular weight is 212 g/mol. The van der Waals surface area contributed by atoms with E-state index in [1.165, 1.54) is 25.7 Å². The second kappa shape index (κ2) is 5.28. The summed E-state index contributed by atoms with van der Waals surface area (Å²) < 4.78 is 5.43. The largest absolute Gasteiger partial charge is 0.381 e. The fourth-order valence-corrected chi connectivity index (χ4v) is 3.05. The van der Waals surface area contributed by atoms with Gasteiger partial charge in [-0.2, -0.15) is 0 Å². The average Bonchev–Trinajstić information content (AvgIpc) is 2.30. The van der Waals surface area contributed by atoms with E-state index in [-0.39, 0.29) is 0 Å². The molecule has 2 rings (SSSR count). The Morgan fingerprint density at radius 3 is 2.60 bits per heavy atom. The van der Waals surface area contributed by atoms with Crippen LogP contribution in [0.2, 0.25) is 0 Å². The molecular formula is C12H24N2O. The van der Waals surface area contributed by atoms with E-state index in [1.807, 2.05) is 0 Å². The van der Waals surface area contributed by atoms with Gasteiger partial charge in [-0.25, -0.2) is 0 Å². The lowest BCUT2D eigenvalue weighted by atomic mass is 9.78. The molecule has 0 aromatic rings. The second-order valence-corrected chi connectivity index (χ2v) is 5.12. The van der Waals surface area contributed by atoms with Crippen molar-refractivity contribution in [2.75, 3.05) is 19.8 Å². The van der Waals surface area contributed by atoms with Crippen molar-refractivity contribution in [3.8, 4) is 0 Å². The van der Waals surface area contributed by atoms with Gasteiger partial charge in [0.1, 0.15) is 0 Å². The van der Waals surface area contributed by atoms with E-state index in [0.29, 0.717) is 18.0 Å². The molecule has 0 aliphatic carbocycles. The second-order valence-electron chi connectivity index (χ2n) is 5.12. The Morgan fingerprint density at radius 2 is 1.93 bits per heavy atom. The molecule has 0 saturated carbocycles. The molecule has 2 heterocycles.